The first kappa shape index (κ1) is 20.7. The molecular formula is C22H23N3O3S2. The van der Waals surface area contributed by atoms with Crippen LogP contribution in [0, 0.1) is 0 Å². The molecule has 8 heteroatoms. The molecule has 6 nitrogen and oxygen atoms in total. The smallest absolute Gasteiger partial charge is 0.233 e. The Bertz CT molecular complexity index is 1010. The molecule has 2 amide bonds. The standard InChI is InChI=1S/C22H23N3O3S2/c1-28-17-6-4-5-16(13-17)14-20(26)24-9-11-25(12-10-24)21(27)15-29-22-23-18-7-2-3-8-19(18)30-22/h2-8,13H,9-12,14-15H2,1H3. The molecular weight excluding hydrogens is 418 g/mol. The van der Waals surface area contributed by atoms with Crippen LogP contribution in [0.1, 0.15) is 5.56 Å². The maximum atomic E-state index is 12.6. The largest absolute Gasteiger partial charge is 0.497 e. The lowest BCUT2D eigenvalue weighted by atomic mass is 10.1. The van der Waals surface area contributed by atoms with E-state index in [-0.39, 0.29) is 11.8 Å². The first-order chi connectivity index (χ1) is 14.6. The Hall–Kier alpha value is -2.58. The van der Waals surface area contributed by atoms with Gasteiger partial charge in [-0.1, -0.05) is 36.0 Å². The number of carbonyl (C=O) groups is 2. The van der Waals surface area contributed by atoms with Gasteiger partial charge in [-0.2, -0.15) is 0 Å². The molecule has 0 bridgehead atoms. The van der Waals surface area contributed by atoms with Gasteiger partial charge in [-0.25, -0.2) is 4.98 Å². The van der Waals surface area contributed by atoms with Crippen molar-refractivity contribution in [2.75, 3.05) is 39.0 Å². The first-order valence-corrected chi connectivity index (χ1v) is 11.6. The number of amides is 2. The van der Waals surface area contributed by atoms with Gasteiger partial charge in [-0.15, -0.1) is 11.3 Å². The third-order valence-electron chi connectivity index (χ3n) is 5.07. The number of ether oxygens (including phenoxy) is 1. The molecule has 2 heterocycles. The van der Waals surface area contributed by atoms with Crippen molar-refractivity contribution in [3.8, 4) is 5.75 Å². The number of piperazine rings is 1. The number of benzene rings is 2. The molecule has 4 rings (SSSR count). The van der Waals surface area contributed by atoms with E-state index < -0.39 is 0 Å². The Morgan fingerprint density at radius 2 is 1.77 bits per heavy atom. The molecule has 0 atom stereocenters. The van der Waals surface area contributed by atoms with Crippen LogP contribution in [0.3, 0.4) is 0 Å². The topological polar surface area (TPSA) is 62.7 Å². The molecule has 1 aliphatic rings. The van der Waals surface area contributed by atoms with E-state index in [1.807, 2.05) is 58.3 Å². The Labute approximate surface area is 183 Å². The van der Waals surface area contributed by atoms with Crippen LogP contribution in [0.4, 0.5) is 0 Å². The zero-order valence-electron chi connectivity index (χ0n) is 16.7. The third-order valence-corrected chi connectivity index (χ3v) is 7.23. The summed E-state index contributed by atoms with van der Waals surface area (Å²) in [5, 5.41) is 0. The van der Waals surface area contributed by atoms with Gasteiger partial charge in [0.15, 0.2) is 4.34 Å². The number of nitrogens with zero attached hydrogens (tertiary/aromatic N) is 3. The van der Waals surface area contributed by atoms with Crippen LogP contribution in [0.5, 0.6) is 5.75 Å². The van der Waals surface area contributed by atoms with Crippen LogP contribution in [-0.2, 0) is 16.0 Å². The quantitative estimate of drug-likeness (QED) is 0.549. The molecule has 156 valence electrons. The molecule has 0 saturated carbocycles. The van der Waals surface area contributed by atoms with Crippen molar-refractivity contribution in [1.82, 2.24) is 14.8 Å². The number of methoxy groups -OCH3 is 1. The Morgan fingerprint density at radius 1 is 1.03 bits per heavy atom. The average Bonchev–Trinajstić information content (AvgIpc) is 3.20. The molecule has 30 heavy (non-hydrogen) atoms. The lowest BCUT2D eigenvalue weighted by molar-refractivity contribution is -0.137. The van der Waals surface area contributed by atoms with E-state index in [4.69, 9.17) is 4.74 Å². The van der Waals surface area contributed by atoms with Gasteiger partial charge >= 0.3 is 0 Å². The predicted octanol–water partition coefficient (Wildman–Crippen LogP) is 3.31. The van der Waals surface area contributed by atoms with Crippen molar-refractivity contribution in [3.63, 3.8) is 0 Å². The average molecular weight is 442 g/mol. The van der Waals surface area contributed by atoms with E-state index in [9.17, 15) is 9.59 Å². The van der Waals surface area contributed by atoms with Gasteiger partial charge in [0, 0.05) is 26.2 Å². The van der Waals surface area contributed by atoms with Gasteiger partial charge in [0.05, 0.1) is 29.5 Å². The second-order valence-electron chi connectivity index (χ2n) is 7.03. The fourth-order valence-corrected chi connectivity index (χ4v) is 5.37. The van der Waals surface area contributed by atoms with Gasteiger partial charge < -0.3 is 14.5 Å². The van der Waals surface area contributed by atoms with E-state index in [0.717, 1.165) is 25.9 Å². The maximum absolute atomic E-state index is 12.6. The number of thioether (sulfide) groups is 1. The maximum Gasteiger partial charge on any atom is 0.233 e. The van der Waals surface area contributed by atoms with Crippen LogP contribution >= 0.6 is 23.1 Å². The molecule has 2 aromatic carbocycles. The number of hydrogen-bond acceptors (Lipinski definition) is 6. The lowest BCUT2D eigenvalue weighted by Crippen LogP contribution is -2.51. The molecule has 1 fully saturated rings. The molecule has 1 saturated heterocycles. The zero-order chi connectivity index (χ0) is 20.9. The lowest BCUT2D eigenvalue weighted by Gasteiger charge is -2.34. The summed E-state index contributed by atoms with van der Waals surface area (Å²) >= 11 is 3.10. The number of fused-ring (bicyclic) bond motifs is 1. The monoisotopic (exact) mass is 441 g/mol. The van der Waals surface area contributed by atoms with Crippen molar-refractivity contribution in [1.29, 1.82) is 0 Å². The van der Waals surface area contributed by atoms with Crippen LogP contribution in [0.15, 0.2) is 52.9 Å². The van der Waals surface area contributed by atoms with E-state index in [0.29, 0.717) is 38.4 Å². The molecule has 0 N–H and O–H groups in total. The fourth-order valence-electron chi connectivity index (χ4n) is 3.40. The van der Waals surface area contributed by atoms with Gasteiger partial charge in [-0.05, 0) is 29.8 Å². The second kappa shape index (κ2) is 9.49. The molecule has 0 spiro atoms. The van der Waals surface area contributed by atoms with Crippen LogP contribution in [-0.4, -0.2) is 65.6 Å². The summed E-state index contributed by atoms with van der Waals surface area (Å²) in [5.41, 5.74) is 1.91. The number of rotatable bonds is 6. The number of carbonyl (C=O) groups excluding carboxylic acids is 2. The van der Waals surface area contributed by atoms with E-state index in [1.54, 1.807) is 18.4 Å². The highest BCUT2D eigenvalue weighted by Crippen LogP contribution is 2.29. The summed E-state index contributed by atoms with van der Waals surface area (Å²) < 4.78 is 7.27. The highest BCUT2D eigenvalue weighted by Gasteiger charge is 2.24. The van der Waals surface area contributed by atoms with Crippen LogP contribution < -0.4 is 4.74 Å². The number of hydrogen-bond donors (Lipinski definition) is 0. The minimum atomic E-state index is 0.0826. The number of thiazole rings is 1. The molecule has 1 aliphatic heterocycles. The Balaban J connectivity index is 1.25. The molecule has 0 unspecified atom stereocenters. The second-order valence-corrected chi connectivity index (χ2v) is 9.28. The predicted molar refractivity (Wildman–Crippen MR) is 120 cm³/mol. The number of para-hydroxylation sites is 1. The first-order valence-electron chi connectivity index (χ1n) is 9.79. The SMILES string of the molecule is COc1cccc(CC(=O)N2CCN(C(=O)CSc3nc4ccccc4s3)CC2)c1. The molecule has 0 aliphatic carbocycles. The van der Waals surface area contributed by atoms with Crippen molar-refractivity contribution in [2.45, 2.75) is 10.8 Å². The van der Waals surface area contributed by atoms with Crippen molar-refractivity contribution < 1.29 is 14.3 Å². The van der Waals surface area contributed by atoms with Gasteiger partial charge in [-0.3, -0.25) is 9.59 Å². The molecule has 0 radical (unpaired) electrons. The normalized spacial score (nSPS) is 14.2. The van der Waals surface area contributed by atoms with Crippen LogP contribution in [0.25, 0.3) is 10.2 Å². The van der Waals surface area contributed by atoms with Crippen LogP contribution in [0.2, 0.25) is 0 Å². The summed E-state index contributed by atoms with van der Waals surface area (Å²) in [4.78, 5) is 33.4. The summed E-state index contributed by atoms with van der Waals surface area (Å²) in [6, 6.07) is 15.6. The highest BCUT2D eigenvalue weighted by molar-refractivity contribution is 8.01. The van der Waals surface area contributed by atoms with E-state index in [2.05, 4.69) is 4.98 Å². The highest BCUT2D eigenvalue weighted by atomic mass is 32.2. The summed E-state index contributed by atoms with van der Waals surface area (Å²) in [6.07, 6.45) is 0.346. The molecule has 1 aromatic heterocycles. The van der Waals surface area contributed by atoms with Crippen molar-refractivity contribution >= 4 is 45.1 Å². The van der Waals surface area contributed by atoms with Gasteiger partial charge in [0.2, 0.25) is 11.8 Å². The minimum Gasteiger partial charge on any atom is -0.497 e. The molecule has 3 aromatic rings. The van der Waals surface area contributed by atoms with E-state index >= 15 is 0 Å². The van der Waals surface area contributed by atoms with Crippen molar-refractivity contribution in [2.24, 2.45) is 0 Å². The third kappa shape index (κ3) is 4.94. The fraction of sp³-hybridized carbons (Fsp3) is 0.318. The Morgan fingerprint density at radius 3 is 2.50 bits per heavy atom. The Kier molecular flexibility index (Phi) is 6.54. The summed E-state index contributed by atoms with van der Waals surface area (Å²) in [5.74, 6) is 1.30. The van der Waals surface area contributed by atoms with E-state index in [1.165, 1.54) is 11.8 Å². The summed E-state index contributed by atoms with van der Waals surface area (Å²) in [7, 11) is 1.62. The van der Waals surface area contributed by atoms with Gasteiger partial charge in [0.25, 0.3) is 0 Å². The number of aromatic nitrogens is 1. The summed E-state index contributed by atoms with van der Waals surface area (Å²) in [6.45, 7) is 2.28. The van der Waals surface area contributed by atoms with Gasteiger partial charge in [0.1, 0.15) is 5.75 Å². The zero-order valence-corrected chi connectivity index (χ0v) is 18.4. The van der Waals surface area contributed by atoms with Crippen molar-refractivity contribution in [3.05, 3.63) is 54.1 Å². The minimum absolute atomic E-state index is 0.0826.